The van der Waals surface area contributed by atoms with Gasteiger partial charge in [0.2, 0.25) is 0 Å². The number of hydrogen-bond donors (Lipinski definition) is 1. The van der Waals surface area contributed by atoms with E-state index in [0.29, 0.717) is 18.1 Å². The molecule has 3 atom stereocenters. The highest BCUT2D eigenvalue weighted by atomic mass is 16.5. The first-order valence-electron chi connectivity index (χ1n) is 6.55. The number of hydrogen-bond acceptors (Lipinski definition) is 2. The van der Waals surface area contributed by atoms with Crippen molar-refractivity contribution in [3.8, 4) is 0 Å². The van der Waals surface area contributed by atoms with Crippen LogP contribution in [0.15, 0.2) is 24.3 Å². The number of ether oxygens (including phenoxy) is 1. The Balaban J connectivity index is 2.07. The minimum Gasteiger partial charge on any atom is -0.378 e. The second-order valence-electron chi connectivity index (χ2n) is 5.05. The Morgan fingerprint density at radius 3 is 2.76 bits per heavy atom. The topological polar surface area (TPSA) is 21.3 Å². The predicted molar refractivity (Wildman–Crippen MR) is 71.3 cm³/mol. The smallest absolute Gasteiger partial charge is 0.0590 e. The summed E-state index contributed by atoms with van der Waals surface area (Å²) >= 11 is 0. The Kier molecular flexibility index (Phi) is 4.19. The van der Waals surface area contributed by atoms with Gasteiger partial charge in [-0.25, -0.2) is 0 Å². The highest BCUT2D eigenvalue weighted by molar-refractivity contribution is 5.26. The molecule has 2 nitrogen and oxygen atoms in total. The summed E-state index contributed by atoms with van der Waals surface area (Å²) in [6, 6.07) is 9.18. The van der Waals surface area contributed by atoms with E-state index < -0.39 is 0 Å². The molecule has 1 saturated heterocycles. The van der Waals surface area contributed by atoms with Crippen molar-refractivity contribution in [1.29, 1.82) is 0 Å². The lowest BCUT2D eigenvalue weighted by Gasteiger charge is -2.26. The molecule has 0 aliphatic carbocycles. The molecule has 0 aromatic heterocycles. The summed E-state index contributed by atoms with van der Waals surface area (Å²) in [5, 5.41) is 3.47. The summed E-state index contributed by atoms with van der Waals surface area (Å²) in [6.45, 7) is 5.30. The Morgan fingerprint density at radius 1 is 1.41 bits per heavy atom. The molecule has 1 heterocycles. The van der Waals surface area contributed by atoms with Crippen LogP contribution in [0.2, 0.25) is 0 Å². The molecule has 1 aliphatic rings. The van der Waals surface area contributed by atoms with E-state index in [1.807, 2.05) is 0 Å². The minimum absolute atomic E-state index is 0.386. The van der Waals surface area contributed by atoms with Crippen LogP contribution in [0.25, 0.3) is 0 Å². The van der Waals surface area contributed by atoms with Crippen LogP contribution in [0.3, 0.4) is 0 Å². The van der Waals surface area contributed by atoms with Gasteiger partial charge in [0.15, 0.2) is 0 Å². The summed E-state index contributed by atoms with van der Waals surface area (Å²) in [4.78, 5) is 0. The van der Waals surface area contributed by atoms with Crippen LogP contribution in [0.1, 0.15) is 24.5 Å². The van der Waals surface area contributed by atoms with E-state index in [2.05, 4.69) is 50.5 Å². The van der Waals surface area contributed by atoms with Gasteiger partial charge in [0, 0.05) is 18.6 Å². The number of rotatable bonds is 4. The van der Waals surface area contributed by atoms with Gasteiger partial charge in [-0.1, -0.05) is 24.3 Å². The monoisotopic (exact) mass is 233 g/mol. The van der Waals surface area contributed by atoms with Gasteiger partial charge in [0.25, 0.3) is 0 Å². The zero-order chi connectivity index (χ0) is 12.3. The lowest BCUT2D eigenvalue weighted by molar-refractivity contribution is 0.0963. The van der Waals surface area contributed by atoms with Crippen molar-refractivity contribution in [2.45, 2.75) is 38.8 Å². The number of benzene rings is 1. The quantitative estimate of drug-likeness (QED) is 0.863. The van der Waals surface area contributed by atoms with E-state index in [4.69, 9.17) is 4.74 Å². The van der Waals surface area contributed by atoms with Crippen LogP contribution in [0.5, 0.6) is 0 Å². The molecule has 1 aromatic carbocycles. The molecule has 3 unspecified atom stereocenters. The Morgan fingerprint density at radius 2 is 2.18 bits per heavy atom. The highest BCUT2D eigenvalue weighted by Crippen LogP contribution is 2.26. The first-order chi connectivity index (χ1) is 8.22. The van der Waals surface area contributed by atoms with Crippen LogP contribution >= 0.6 is 0 Å². The van der Waals surface area contributed by atoms with E-state index in [9.17, 15) is 0 Å². The molecule has 0 amide bonds. The Bertz CT molecular complexity index is 364. The maximum absolute atomic E-state index is 5.68. The van der Waals surface area contributed by atoms with E-state index in [1.54, 1.807) is 0 Å². The van der Waals surface area contributed by atoms with Gasteiger partial charge in [-0.2, -0.15) is 0 Å². The molecule has 0 saturated carbocycles. The third-order valence-electron chi connectivity index (χ3n) is 4.02. The standard InChI is InChI=1S/C15H23NO/c1-11-6-4-5-7-13(11)10-15(16-3)14-8-9-17-12(14)2/h4-7,12,14-16H,8-10H2,1-3H3. The highest BCUT2D eigenvalue weighted by Gasteiger charge is 2.31. The summed E-state index contributed by atoms with van der Waals surface area (Å²) < 4.78 is 5.68. The van der Waals surface area contributed by atoms with Crippen LogP contribution < -0.4 is 5.32 Å². The van der Waals surface area contributed by atoms with E-state index >= 15 is 0 Å². The second kappa shape index (κ2) is 5.65. The molecule has 0 bridgehead atoms. The molecule has 1 N–H and O–H groups in total. The predicted octanol–water partition coefficient (Wildman–Crippen LogP) is 2.55. The fraction of sp³-hybridized carbons (Fsp3) is 0.600. The Labute approximate surface area is 104 Å². The van der Waals surface area contributed by atoms with Crippen molar-refractivity contribution in [2.75, 3.05) is 13.7 Å². The fourth-order valence-electron chi connectivity index (χ4n) is 2.82. The van der Waals surface area contributed by atoms with E-state index in [-0.39, 0.29) is 0 Å². The molecule has 1 fully saturated rings. The maximum atomic E-state index is 5.68. The molecular formula is C15H23NO. The summed E-state index contributed by atoms with van der Waals surface area (Å²) in [6.07, 6.45) is 2.66. The van der Waals surface area contributed by atoms with E-state index in [0.717, 1.165) is 13.0 Å². The van der Waals surface area contributed by atoms with Crippen molar-refractivity contribution in [3.63, 3.8) is 0 Å². The number of aryl methyl sites for hydroxylation is 1. The number of likely N-dealkylation sites (N-methyl/N-ethyl adjacent to an activating group) is 1. The van der Waals surface area contributed by atoms with Gasteiger partial charge in [0.1, 0.15) is 0 Å². The average molecular weight is 233 g/mol. The van der Waals surface area contributed by atoms with Crippen molar-refractivity contribution in [1.82, 2.24) is 5.32 Å². The molecule has 94 valence electrons. The van der Waals surface area contributed by atoms with Crippen LogP contribution in [0, 0.1) is 12.8 Å². The molecule has 2 heteroatoms. The lowest BCUT2D eigenvalue weighted by Crippen LogP contribution is -2.38. The minimum atomic E-state index is 0.386. The van der Waals surface area contributed by atoms with Crippen molar-refractivity contribution < 1.29 is 4.74 Å². The van der Waals surface area contributed by atoms with Crippen LogP contribution in [-0.4, -0.2) is 25.8 Å². The van der Waals surface area contributed by atoms with Crippen molar-refractivity contribution in [2.24, 2.45) is 5.92 Å². The van der Waals surface area contributed by atoms with Gasteiger partial charge >= 0.3 is 0 Å². The average Bonchev–Trinajstić information content (AvgIpc) is 2.75. The van der Waals surface area contributed by atoms with Gasteiger partial charge in [0.05, 0.1) is 6.10 Å². The van der Waals surface area contributed by atoms with Crippen molar-refractivity contribution >= 4 is 0 Å². The molecule has 1 aromatic rings. The molecule has 1 aliphatic heterocycles. The first-order valence-corrected chi connectivity index (χ1v) is 6.55. The Hall–Kier alpha value is -0.860. The third kappa shape index (κ3) is 2.88. The lowest BCUT2D eigenvalue weighted by atomic mass is 9.88. The summed E-state index contributed by atoms with van der Waals surface area (Å²) in [5.41, 5.74) is 2.84. The largest absolute Gasteiger partial charge is 0.378 e. The third-order valence-corrected chi connectivity index (χ3v) is 4.02. The normalized spacial score (nSPS) is 26.1. The summed E-state index contributed by atoms with van der Waals surface area (Å²) in [7, 11) is 2.06. The van der Waals surface area contributed by atoms with Gasteiger partial charge in [-0.3, -0.25) is 0 Å². The van der Waals surface area contributed by atoms with Gasteiger partial charge < -0.3 is 10.1 Å². The maximum Gasteiger partial charge on any atom is 0.0590 e. The molecule has 0 radical (unpaired) electrons. The van der Waals surface area contributed by atoms with Crippen LogP contribution in [-0.2, 0) is 11.2 Å². The first kappa shape index (κ1) is 12.6. The second-order valence-corrected chi connectivity index (χ2v) is 5.05. The zero-order valence-electron chi connectivity index (χ0n) is 11.1. The fourth-order valence-corrected chi connectivity index (χ4v) is 2.82. The summed E-state index contributed by atoms with van der Waals surface area (Å²) in [5.74, 6) is 0.639. The molecule has 17 heavy (non-hydrogen) atoms. The zero-order valence-corrected chi connectivity index (χ0v) is 11.1. The van der Waals surface area contributed by atoms with Crippen molar-refractivity contribution in [3.05, 3.63) is 35.4 Å². The number of nitrogens with one attached hydrogen (secondary N) is 1. The SMILES string of the molecule is CNC(Cc1ccccc1C)C1CCOC1C. The molecule has 2 rings (SSSR count). The van der Waals surface area contributed by atoms with E-state index in [1.165, 1.54) is 17.5 Å². The van der Waals surface area contributed by atoms with Gasteiger partial charge in [-0.05, 0) is 44.9 Å². The molecular weight excluding hydrogens is 210 g/mol. The van der Waals surface area contributed by atoms with Crippen LogP contribution in [0.4, 0.5) is 0 Å². The molecule has 0 spiro atoms. The van der Waals surface area contributed by atoms with Gasteiger partial charge in [-0.15, -0.1) is 0 Å².